The lowest BCUT2D eigenvalue weighted by molar-refractivity contribution is -0.129. The van der Waals surface area contributed by atoms with Crippen molar-refractivity contribution in [3.63, 3.8) is 0 Å². The Balaban J connectivity index is 0.000000164. The van der Waals surface area contributed by atoms with Crippen LogP contribution in [-0.2, 0) is 16.1 Å². The van der Waals surface area contributed by atoms with E-state index in [0.717, 1.165) is 37.3 Å². The molecule has 0 saturated carbocycles. The summed E-state index contributed by atoms with van der Waals surface area (Å²) in [6.07, 6.45) is 2.11. The van der Waals surface area contributed by atoms with Gasteiger partial charge in [0.1, 0.15) is 12.4 Å². The molecule has 1 aromatic carbocycles. The van der Waals surface area contributed by atoms with Gasteiger partial charge in [-0.3, -0.25) is 9.59 Å². The number of nitrogens with one attached hydrogen (secondary N) is 2. The van der Waals surface area contributed by atoms with E-state index < -0.39 is 0 Å². The molecule has 2 aromatic rings. The average molecular weight is 304 g/mol. The number of rotatable bonds is 4. The van der Waals surface area contributed by atoms with E-state index in [4.69, 9.17) is 4.52 Å². The third-order valence-corrected chi connectivity index (χ3v) is 3.45. The Morgan fingerprint density at radius 3 is 2.55 bits per heavy atom. The van der Waals surface area contributed by atoms with Gasteiger partial charge in [0, 0.05) is 12.0 Å². The monoisotopic (exact) mass is 304 g/mol. The van der Waals surface area contributed by atoms with Crippen LogP contribution in [0.25, 0.3) is 0 Å². The zero-order chi connectivity index (χ0) is 15.6. The largest absolute Gasteiger partial charge is 0.463 e. The topological polar surface area (TPSA) is 84.3 Å². The summed E-state index contributed by atoms with van der Waals surface area (Å²) in [5.41, 5.74) is 0.873. The maximum atomic E-state index is 10.8. The predicted octanol–water partition coefficient (Wildman–Crippen LogP) is 1.79. The molecule has 2 heterocycles. The van der Waals surface area contributed by atoms with Crippen LogP contribution in [-0.4, -0.2) is 24.7 Å². The molecule has 1 aliphatic heterocycles. The summed E-state index contributed by atoms with van der Waals surface area (Å²) >= 11 is 0. The molecule has 118 valence electrons. The maximum Gasteiger partial charge on any atom is 0.293 e. The second kappa shape index (κ2) is 8.84. The van der Waals surface area contributed by atoms with Crippen molar-refractivity contribution in [2.75, 3.05) is 13.1 Å². The lowest BCUT2D eigenvalue weighted by atomic mass is 9.96. The van der Waals surface area contributed by atoms with Gasteiger partial charge in [-0.15, -0.1) is 0 Å². The van der Waals surface area contributed by atoms with Gasteiger partial charge in [0.15, 0.2) is 0 Å². The molecule has 2 N–H and O–H groups in total. The van der Waals surface area contributed by atoms with Crippen molar-refractivity contribution in [1.29, 1.82) is 0 Å². The van der Waals surface area contributed by atoms with Crippen LogP contribution in [0.1, 0.15) is 30.1 Å². The normalized spacial score (nSPS) is 14.7. The lowest BCUT2D eigenvalue weighted by Crippen LogP contribution is -2.26. The summed E-state index contributed by atoms with van der Waals surface area (Å²) in [7, 11) is 0. The molecule has 0 radical (unpaired) electrons. The van der Waals surface area contributed by atoms with E-state index in [1.807, 2.05) is 30.3 Å². The van der Waals surface area contributed by atoms with Crippen molar-refractivity contribution in [3.8, 4) is 0 Å². The molecule has 0 amide bonds. The highest BCUT2D eigenvalue weighted by molar-refractivity contribution is 5.37. The second-order valence-corrected chi connectivity index (χ2v) is 5.03. The van der Waals surface area contributed by atoms with E-state index in [2.05, 4.69) is 15.2 Å². The average Bonchev–Trinajstić information content (AvgIpc) is 3.02. The van der Waals surface area contributed by atoms with Crippen molar-refractivity contribution in [3.05, 3.63) is 58.1 Å². The Morgan fingerprint density at radius 1 is 1.23 bits per heavy atom. The van der Waals surface area contributed by atoms with Crippen molar-refractivity contribution in [2.24, 2.45) is 0 Å². The number of aromatic amines is 1. The van der Waals surface area contributed by atoms with E-state index >= 15 is 0 Å². The fraction of sp³-hybridized carbons (Fsp3) is 0.375. The van der Waals surface area contributed by atoms with Gasteiger partial charge < -0.3 is 14.6 Å². The Kier molecular flexibility index (Phi) is 6.44. The van der Waals surface area contributed by atoms with Crippen molar-refractivity contribution >= 4 is 6.47 Å². The first-order valence-electron chi connectivity index (χ1n) is 7.28. The van der Waals surface area contributed by atoms with Crippen LogP contribution in [0.3, 0.4) is 0 Å². The van der Waals surface area contributed by atoms with E-state index in [9.17, 15) is 9.59 Å². The first-order chi connectivity index (χ1) is 10.8. The molecule has 6 heteroatoms. The Labute approximate surface area is 128 Å². The molecule has 22 heavy (non-hydrogen) atoms. The van der Waals surface area contributed by atoms with Gasteiger partial charge >= 0.3 is 0 Å². The number of aromatic nitrogens is 1. The van der Waals surface area contributed by atoms with E-state index in [1.54, 1.807) is 6.07 Å². The number of hydrogen-bond donors (Lipinski definition) is 2. The zero-order valence-corrected chi connectivity index (χ0v) is 12.3. The number of carbonyl (C=O) groups excluding carboxylic acids is 1. The van der Waals surface area contributed by atoms with Gasteiger partial charge in [-0.1, -0.05) is 30.3 Å². The highest BCUT2D eigenvalue weighted by Crippen LogP contribution is 2.23. The minimum atomic E-state index is -0.136. The standard InChI is InChI=1S/C8H12N2O2.C8H8O2/c11-8-5-7(12-10-8)6-1-3-9-4-2-6;9-7-10-6-8-4-2-1-3-5-8/h5-6,9H,1-4H2,(H,10,11);1-5,7H,6H2. The van der Waals surface area contributed by atoms with E-state index in [-0.39, 0.29) is 5.56 Å². The predicted molar refractivity (Wildman–Crippen MR) is 81.5 cm³/mol. The quantitative estimate of drug-likeness (QED) is 0.841. The molecule has 0 atom stereocenters. The van der Waals surface area contributed by atoms with Crippen LogP contribution in [0, 0.1) is 0 Å². The molecule has 1 aromatic heterocycles. The Bertz CT molecular complexity index is 600. The fourth-order valence-electron chi connectivity index (χ4n) is 2.31. The molecule has 1 saturated heterocycles. The second-order valence-electron chi connectivity index (χ2n) is 5.03. The van der Waals surface area contributed by atoms with E-state index in [1.165, 1.54) is 0 Å². The zero-order valence-electron chi connectivity index (χ0n) is 12.3. The van der Waals surface area contributed by atoms with Crippen LogP contribution >= 0.6 is 0 Å². The summed E-state index contributed by atoms with van der Waals surface area (Å²) in [5, 5.41) is 5.58. The smallest absolute Gasteiger partial charge is 0.293 e. The summed E-state index contributed by atoms with van der Waals surface area (Å²) < 4.78 is 9.58. The van der Waals surface area contributed by atoms with E-state index in [0.29, 0.717) is 19.0 Å². The van der Waals surface area contributed by atoms with Gasteiger partial charge in [-0.05, 0) is 31.5 Å². The van der Waals surface area contributed by atoms with Gasteiger partial charge in [0.05, 0.1) is 0 Å². The summed E-state index contributed by atoms with van der Waals surface area (Å²) in [5.74, 6) is 1.23. The number of carbonyl (C=O) groups is 1. The molecule has 0 bridgehead atoms. The maximum absolute atomic E-state index is 10.8. The lowest BCUT2D eigenvalue weighted by Gasteiger charge is -2.19. The third kappa shape index (κ3) is 5.21. The molecule has 0 unspecified atom stereocenters. The molecule has 6 nitrogen and oxygen atoms in total. The Morgan fingerprint density at radius 2 is 1.95 bits per heavy atom. The van der Waals surface area contributed by atoms with Crippen LogP contribution in [0.5, 0.6) is 0 Å². The molecule has 1 fully saturated rings. The SMILES string of the molecule is O=COCc1ccccc1.O=c1cc(C2CCNCC2)o[nH]1. The number of piperidine rings is 1. The van der Waals surface area contributed by atoms with Crippen molar-refractivity contribution in [2.45, 2.75) is 25.4 Å². The van der Waals surface area contributed by atoms with Crippen molar-refractivity contribution in [1.82, 2.24) is 10.5 Å². The number of H-pyrrole nitrogens is 1. The molecular weight excluding hydrogens is 284 g/mol. The van der Waals surface area contributed by atoms with Gasteiger partial charge in [-0.2, -0.15) is 5.16 Å². The van der Waals surface area contributed by atoms with Gasteiger partial charge in [0.2, 0.25) is 0 Å². The molecule has 0 aliphatic carbocycles. The molecular formula is C16H20N2O4. The number of ether oxygens (including phenoxy) is 1. The minimum absolute atomic E-state index is 0.136. The van der Waals surface area contributed by atoms with Crippen LogP contribution in [0.15, 0.2) is 45.7 Å². The van der Waals surface area contributed by atoms with Gasteiger partial charge in [0.25, 0.3) is 12.0 Å². The summed E-state index contributed by atoms with van der Waals surface area (Å²) in [4.78, 5) is 20.5. The first kappa shape index (κ1) is 16.0. The molecule has 1 aliphatic rings. The Hall–Kier alpha value is -2.34. The first-order valence-corrected chi connectivity index (χ1v) is 7.28. The minimum Gasteiger partial charge on any atom is -0.463 e. The fourth-order valence-corrected chi connectivity index (χ4v) is 2.31. The number of hydrogen-bond acceptors (Lipinski definition) is 5. The molecule has 0 spiro atoms. The summed E-state index contributed by atoms with van der Waals surface area (Å²) in [6, 6.07) is 11.1. The van der Waals surface area contributed by atoms with Crippen molar-refractivity contribution < 1.29 is 14.1 Å². The number of benzene rings is 1. The highest BCUT2D eigenvalue weighted by atomic mass is 16.5. The third-order valence-electron chi connectivity index (χ3n) is 3.45. The van der Waals surface area contributed by atoms with Crippen LogP contribution < -0.4 is 10.9 Å². The van der Waals surface area contributed by atoms with Crippen LogP contribution in [0.4, 0.5) is 0 Å². The van der Waals surface area contributed by atoms with Gasteiger partial charge in [-0.25, -0.2) is 0 Å². The highest BCUT2D eigenvalue weighted by Gasteiger charge is 2.18. The molecule has 3 rings (SSSR count). The summed E-state index contributed by atoms with van der Waals surface area (Å²) in [6.45, 7) is 2.84. The van der Waals surface area contributed by atoms with Crippen LogP contribution in [0.2, 0.25) is 0 Å².